The molecular formula is C28H37N5O5. The van der Waals surface area contributed by atoms with Gasteiger partial charge in [0.1, 0.15) is 29.2 Å². The number of unbranched alkanes of at least 4 members (excludes halogenated alkanes) is 3. The number of nitrogens with two attached hydrogens (primary N) is 1. The zero-order valence-electron chi connectivity index (χ0n) is 21.9. The fourth-order valence-corrected chi connectivity index (χ4v) is 4.44. The van der Waals surface area contributed by atoms with Crippen LogP contribution in [-0.4, -0.2) is 67.1 Å². The molecule has 0 aliphatic carbocycles. The molecule has 1 unspecified atom stereocenters. The van der Waals surface area contributed by atoms with Gasteiger partial charge in [-0.2, -0.15) is 0 Å². The maximum absolute atomic E-state index is 11.2. The molecule has 0 radical (unpaired) electrons. The number of nitrogens with one attached hydrogen (secondary N) is 1. The Morgan fingerprint density at radius 2 is 1.95 bits per heavy atom. The lowest BCUT2D eigenvalue weighted by Gasteiger charge is -2.29. The second kappa shape index (κ2) is 13.8. The van der Waals surface area contributed by atoms with Gasteiger partial charge in [-0.25, -0.2) is 14.8 Å². The first-order chi connectivity index (χ1) is 18.5. The average Bonchev–Trinajstić information content (AvgIpc) is 2.94. The predicted octanol–water partition coefficient (Wildman–Crippen LogP) is 4.00. The highest BCUT2D eigenvalue weighted by Gasteiger charge is 2.19. The van der Waals surface area contributed by atoms with Crippen molar-refractivity contribution in [3.05, 3.63) is 48.3 Å². The van der Waals surface area contributed by atoms with Crippen molar-refractivity contribution in [3.8, 4) is 11.5 Å². The molecule has 4 rings (SSSR count). The van der Waals surface area contributed by atoms with E-state index in [0.29, 0.717) is 36.9 Å². The molecule has 1 saturated heterocycles. The molecule has 0 bridgehead atoms. The summed E-state index contributed by atoms with van der Waals surface area (Å²) < 4.78 is 17.1. The Bertz CT molecular complexity index is 1200. The average molecular weight is 524 g/mol. The van der Waals surface area contributed by atoms with Crippen LogP contribution < -0.4 is 25.4 Å². The van der Waals surface area contributed by atoms with Gasteiger partial charge in [0.25, 0.3) is 0 Å². The molecule has 1 fully saturated rings. The van der Waals surface area contributed by atoms with Crippen molar-refractivity contribution in [3.63, 3.8) is 0 Å². The Kier molecular flexibility index (Phi) is 9.94. The van der Waals surface area contributed by atoms with E-state index in [1.165, 1.54) is 6.33 Å². The van der Waals surface area contributed by atoms with Gasteiger partial charge in [-0.3, -0.25) is 0 Å². The number of benzene rings is 2. The lowest BCUT2D eigenvalue weighted by Crippen LogP contribution is -2.36. The molecule has 1 atom stereocenters. The standard InChI is InChI=1S/C28H37N5O5/c1-20(21-7-6-8-23(15-21)37-12-5-3-2-4-9-29)32-28-24-16-22(33-10-13-36-14-11-33)17-25(38-18-26(34)35)27(24)30-19-31-28/h6-8,15-17,19-20H,2-5,9-14,18,29H2,1H3,(H,34,35)(H,30,31,32). The number of hydrogen-bond donors (Lipinski definition) is 3. The van der Waals surface area contributed by atoms with E-state index in [1.54, 1.807) is 0 Å². The van der Waals surface area contributed by atoms with Crippen molar-refractivity contribution in [2.24, 2.45) is 5.73 Å². The van der Waals surface area contributed by atoms with E-state index >= 15 is 0 Å². The van der Waals surface area contributed by atoms with E-state index in [-0.39, 0.29) is 6.04 Å². The summed E-state index contributed by atoms with van der Waals surface area (Å²) >= 11 is 0. The number of anilines is 2. The van der Waals surface area contributed by atoms with E-state index in [9.17, 15) is 9.90 Å². The molecule has 1 aromatic heterocycles. The van der Waals surface area contributed by atoms with Gasteiger partial charge in [-0.1, -0.05) is 25.0 Å². The van der Waals surface area contributed by atoms with Gasteiger partial charge in [0.2, 0.25) is 0 Å². The molecule has 10 nitrogen and oxygen atoms in total. The van der Waals surface area contributed by atoms with Crippen LogP contribution in [0, 0.1) is 0 Å². The summed E-state index contributed by atoms with van der Waals surface area (Å²) in [6, 6.07) is 11.8. The Morgan fingerprint density at radius 1 is 1.13 bits per heavy atom. The number of rotatable bonds is 14. The number of aromatic nitrogens is 2. The van der Waals surface area contributed by atoms with Crippen LogP contribution in [0.25, 0.3) is 10.9 Å². The predicted molar refractivity (Wildman–Crippen MR) is 147 cm³/mol. The monoisotopic (exact) mass is 523 g/mol. The summed E-state index contributed by atoms with van der Waals surface area (Å²) in [5.41, 5.74) is 8.08. The van der Waals surface area contributed by atoms with E-state index < -0.39 is 12.6 Å². The maximum atomic E-state index is 11.2. The number of aliphatic carboxylic acids is 1. The summed E-state index contributed by atoms with van der Waals surface area (Å²) in [5, 5.41) is 13.4. The summed E-state index contributed by atoms with van der Waals surface area (Å²) in [6.07, 6.45) is 5.76. The van der Waals surface area contributed by atoms with E-state index in [4.69, 9.17) is 19.9 Å². The van der Waals surface area contributed by atoms with Crippen LogP contribution in [0.3, 0.4) is 0 Å². The second-order valence-corrected chi connectivity index (χ2v) is 9.33. The first-order valence-electron chi connectivity index (χ1n) is 13.2. The molecule has 4 N–H and O–H groups in total. The molecule has 2 heterocycles. The Labute approximate surface area is 223 Å². The molecule has 1 aliphatic rings. The van der Waals surface area contributed by atoms with Crippen molar-refractivity contribution in [1.29, 1.82) is 0 Å². The summed E-state index contributed by atoms with van der Waals surface area (Å²) in [7, 11) is 0. The van der Waals surface area contributed by atoms with Gasteiger partial charge in [-0.05, 0) is 50.1 Å². The lowest BCUT2D eigenvalue weighted by molar-refractivity contribution is -0.139. The van der Waals surface area contributed by atoms with Crippen LogP contribution in [0.5, 0.6) is 11.5 Å². The molecule has 0 saturated carbocycles. The van der Waals surface area contributed by atoms with E-state index in [0.717, 1.165) is 67.7 Å². The number of carboxylic acids is 1. The number of carbonyl (C=O) groups is 1. The fraction of sp³-hybridized carbons (Fsp3) is 0.464. The smallest absolute Gasteiger partial charge is 0.341 e. The van der Waals surface area contributed by atoms with Crippen LogP contribution in [0.15, 0.2) is 42.7 Å². The normalized spacial score (nSPS) is 14.3. The lowest BCUT2D eigenvalue weighted by atomic mass is 10.1. The molecule has 0 spiro atoms. The van der Waals surface area contributed by atoms with Crippen LogP contribution >= 0.6 is 0 Å². The number of morpholine rings is 1. The third-order valence-corrected chi connectivity index (χ3v) is 6.49. The minimum atomic E-state index is -1.05. The van der Waals surface area contributed by atoms with Gasteiger partial charge in [0.15, 0.2) is 6.61 Å². The third kappa shape index (κ3) is 7.45. The topological polar surface area (TPSA) is 132 Å². The molecule has 2 aromatic carbocycles. The minimum Gasteiger partial charge on any atom is -0.494 e. The number of ether oxygens (including phenoxy) is 3. The highest BCUT2D eigenvalue weighted by molar-refractivity contribution is 5.96. The third-order valence-electron chi connectivity index (χ3n) is 6.49. The zero-order chi connectivity index (χ0) is 26.7. The van der Waals surface area contributed by atoms with Crippen LogP contribution in [0.1, 0.15) is 44.2 Å². The molecule has 10 heteroatoms. The largest absolute Gasteiger partial charge is 0.494 e. The van der Waals surface area contributed by atoms with Crippen LogP contribution in [0.4, 0.5) is 11.5 Å². The molecule has 3 aromatic rings. The molecular weight excluding hydrogens is 486 g/mol. The molecule has 1 aliphatic heterocycles. The van der Waals surface area contributed by atoms with Crippen molar-refractivity contribution in [2.75, 3.05) is 56.3 Å². The molecule has 38 heavy (non-hydrogen) atoms. The van der Waals surface area contributed by atoms with Gasteiger partial charge < -0.3 is 35.3 Å². The fourth-order valence-electron chi connectivity index (χ4n) is 4.44. The number of hydrogen-bond acceptors (Lipinski definition) is 9. The number of nitrogens with zero attached hydrogens (tertiary/aromatic N) is 3. The van der Waals surface area contributed by atoms with Crippen LogP contribution in [-0.2, 0) is 9.53 Å². The van der Waals surface area contributed by atoms with Gasteiger partial charge in [0.05, 0.1) is 25.9 Å². The zero-order valence-corrected chi connectivity index (χ0v) is 21.9. The Balaban J connectivity index is 1.54. The highest BCUT2D eigenvalue weighted by atomic mass is 16.5. The second-order valence-electron chi connectivity index (χ2n) is 9.33. The van der Waals surface area contributed by atoms with Gasteiger partial charge in [0, 0.05) is 30.2 Å². The summed E-state index contributed by atoms with van der Waals surface area (Å²) in [6.45, 7) is 5.74. The van der Waals surface area contributed by atoms with Crippen molar-refractivity contribution in [1.82, 2.24) is 9.97 Å². The van der Waals surface area contributed by atoms with E-state index in [2.05, 4.69) is 33.2 Å². The van der Waals surface area contributed by atoms with Crippen molar-refractivity contribution < 1.29 is 24.1 Å². The van der Waals surface area contributed by atoms with Gasteiger partial charge in [-0.15, -0.1) is 0 Å². The number of carboxylic acid groups (broad SMARTS) is 1. The molecule has 204 valence electrons. The summed E-state index contributed by atoms with van der Waals surface area (Å²) in [5.74, 6) is 0.838. The minimum absolute atomic E-state index is 0.0726. The Morgan fingerprint density at radius 3 is 2.74 bits per heavy atom. The SMILES string of the molecule is CC(Nc1ncnc2c(OCC(=O)O)cc(N3CCOCC3)cc12)c1cccc(OCCCCCCN)c1. The Hall–Kier alpha value is -3.63. The van der Waals surface area contributed by atoms with Crippen molar-refractivity contribution >= 4 is 28.4 Å². The quantitative estimate of drug-likeness (QED) is 0.266. The maximum Gasteiger partial charge on any atom is 0.341 e. The van der Waals surface area contributed by atoms with Crippen molar-refractivity contribution in [2.45, 2.75) is 38.6 Å². The molecule has 0 amide bonds. The first-order valence-corrected chi connectivity index (χ1v) is 13.2. The first kappa shape index (κ1) is 27.4. The van der Waals surface area contributed by atoms with Gasteiger partial charge >= 0.3 is 5.97 Å². The van der Waals surface area contributed by atoms with Crippen LogP contribution in [0.2, 0.25) is 0 Å². The highest BCUT2D eigenvalue weighted by Crippen LogP contribution is 2.35. The van der Waals surface area contributed by atoms with E-state index in [1.807, 2.05) is 30.3 Å². The summed E-state index contributed by atoms with van der Waals surface area (Å²) in [4.78, 5) is 22.3. The number of fused-ring (bicyclic) bond motifs is 1.